The molecule has 2 aromatic rings. The van der Waals surface area contributed by atoms with Crippen LogP contribution >= 0.6 is 0 Å². The molecule has 3 heterocycles. The largest absolute Gasteiger partial charge is 0.492 e. The van der Waals surface area contributed by atoms with Gasteiger partial charge in [-0.15, -0.1) is 0 Å². The van der Waals surface area contributed by atoms with Gasteiger partial charge in [-0.2, -0.15) is 5.10 Å². The summed E-state index contributed by atoms with van der Waals surface area (Å²) in [7, 11) is 0. The number of ether oxygens (including phenoxy) is 1. The van der Waals surface area contributed by atoms with Crippen LogP contribution in [0.5, 0.6) is 5.75 Å². The van der Waals surface area contributed by atoms with E-state index in [1.54, 1.807) is 6.20 Å². The van der Waals surface area contributed by atoms with Gasteiger partial charge in [-0.05, 0) is 12.5 Å². The van der Waals surface area contributed by atoms with E-state index in [0.29, 0.717) is 0 Å². The van der Waals surface area contributed by atoms with E-state index < -0.39 is 0 Å². The third-order valence-corrected chi connectivity index (χ3v) is 3.24. The first kappa shape index (κ1) is 12.2. The molecule has 5 nitrogen and oxygen atoms in total. The first-order chi connectivity index (χ1) is 9.38. The zero-order valence-electron chi connectivity index (χ0n) is 11.1. The van der Waals surface area contributed by atoms with Crippen LogP contribution in [0.1, 0.15) is 19.0 Å². The van der Waals surface area contributed by atoms with E-state index in [4.69, 9.17) is 4.74 Å². The maximum absolute atomic E-state index is 5.63. The lowest BCUT2D eigenvalue weighted by molar-refractivity contribution is 0.316. The lowest BCUT2D eigenvalue weighted by Crippen LogP contribution is -2.28. The van der Waals surface area contributed by atoms with Crippen molar-refractivity contribution >= 4 is 0 Å². The molecule has 19 heavy (non-hydrogen) atoms. The molecule has 0 unspecified atom stereocenters. The van der Waals surface area contributed by atoms with Crippen LogP contribution in [0.4, 0.5) is 0 Å². The van der Waals surface area contributed by atoms with Gasteiger partial charge in [-0.3, -0.25) is 9.67 Å². The molecular weight excluding hydrogens is 240 g/mol. The number of hydrogen-bond donors (Lipinski definition) is 1. The highest BCUT2D eigenvalue weighted by molar-refractivity contribution is 5.66. The van der Waals surface area contributed by atoms with Gasteiger partial charge < -0.3 is 10.1 Å². The summed E-state index contributed by atoms with van der Waals surface area (Å²) in [4.78, 5) is 4.26. The third kappa shape index (κ3) is 2.46. The lowest BCUT2D eigenvalue weighted by Gasteiger charge is -2.16. The van der Waals surface area contributed by atoms with Crippen LogP contribution < -0.4 is 10.1 Å². The average Bonchev–Trinajstić information content (AvgIpc) is 2.89. The summed E-state index contributed by atoms with van der Waals surface area (Å²) in [6.45, 7) is 5.58. The summed E-state index contributed by atoms with van der Waals surface area (Å²) in [6, 6.07) is 2.04. The molecular formula is C14H18N4O. The van der Waals surface area contributed by atoms with E-state index >= 15 is 0 Å². The van der Waals surface area contributed by atoms with Gasteiger partial charge in [-0.1, -0.05) is 6.92 Å². The molecule has 0 atom stereocenters. The first-order valence-electron chi connectivity index (χ1n) is 6.72. The predicted molar refractivity (Wildman–Crippen MR) is 73.0 cm³/mol. The molecule has 1 aliphatic rings. The normalized spacial score (nSPS) is 14.2. The molecule has 0 amide bonds. The maximum Gasteiger partial charge on any atom is 0.138 e. The SMILES string of the molecule is CCCOc1cncc(-c2cnn3c2CNCC3)c1. The highest BCUT2D eigenvalue weighted by atomic mass is 16.5. The fourth-order valence-electron chi connectivity index (χ4n) is 2.29. The second-order valence-electron chi connectivity index (χ2n) is 4.66. The molecule has 1 aliphatic heterocycles. The van der Waals surface area contributed by atoms with E-state index in [0.717, 1.165) is 49.5 Å². The Morgan fingerprint density at radius 1 is 1.37 bits per heavy atom. The number of pyridine rings is 1. The van der Waals surface area contributed by atoms with Crippen LogP contribution in [-0.2, 0) is 13.1 Å². The van der Waals surface area contributed by atoms with Gasteiger partial charge in [0.2, 0.25) is 0 Å². The minimum atomic E-state index is 0.721. The quantitative estimate of drug-likeness (QED) is 0.909. The monoisotopic (exact) mass is 258 g/mol. The summed E-state index contributed by atoms with van der Waals surface area (Å²) in [6.07, 6.45) is 6.54. The van der Waals surface area contributed by atoms with E-state index in [-0.39, 0.29) is 0 Å². The molecule has 0 bridgehead atoms. The Kier molecular flexibility index (Phi) is 3.46. The molecule has 0 aliphatic carbocycles. The second kappa shape index (κ2) is 5.40. The van der Waals surface area contributed by atoms with Crippen molar-refractivity contribution in [2.75, 3.05) is 13.2 Å². The number of hydrogen-bond acceptors (Lipinski definition) is 4. The van der Waals surface area contributed by atoms with E-state index in [2.05, 4.69) is 27.0 Å². The van der Waals surface area contributed by atoms with E-state index in [1.165, 1.54) is 5.69 Å². The van der Waals surface area contributed by atoms with Crippen molar-refractivity contribution in [1.29, 1.82) is 0 Å². The minimum absolute atomic E-state index is 0.721. The fraction of sp³-hybridized carbons (Fsp3) is 0.429. The number of fused-ring (bicyclic) bond motifs is 1. The van der Waals surface area contributed by atoms with Crippen LogP contribution in [0.2, 0.25) is 0 Å². The molecule has 0 fully saturated rings. The Morgan fingerprint density at radius 2 is 2.32 bits per heavy atom. The van der Waals surface area contributed by atoms with Gasteiger partial charge in [0.15, 0.2) is 0 Å². The summed E-state index contributed by atoms with van der Waals surface area (Å²) in [5.41, 5.74) is 3.43. The summed E-state index contributed by atoms with van der Waals surface area (Å²) in [5.74, 6) is 0.822. The topological polar surface area (TPSA) is 52.0 Å². The van der Waals surface area contributed by atoms with Gasteiger partial charge in [0, 0.05) is 30.4 Å². The Hall–Kier alpha value is -1.88. The van der Waals surface area contributed by atoms with Crippen molar-refractivity contribution in [3.63, 3.8) is 0 Å². The van der Waals surface area contributed by atoms with Gasteiger partial charge in [-0.25, -0.2) is 0 Å². The highest BCUT2D eigenvalue weighted by Crippen LogP contribution is 2.26. The third-order valence-electron chi connectivity index (χ3n) is 3.24. The van der Waals surface area contributed by atoms with Crippen LogP contribution in [-0.4, -0.2) is 27.9 Å². The predicted octanol–water partition coefficient (Wildman–Crippen LogP) is 1.84. The number of aromatic nitrogens is 3. The molecule has 3 rings (SSSR count). The maximum atomic E-state index is 5.63. The molecule has 0 saturated carbocycles. The highest BCUT2D eigenvalue weighted by Gasteiger charge is 2.16. The van der Waals surface area contributed by atoms with Crippen molar-refractivity contribution in [2.45, 2.75) is 26.4 Å². The van der Waals surface area contributed by atoms with Crippen LogP contribution in [0.3, 0.4) is 0 Å². The Morgan fingerprint density at radius 3 is 3.21 bits per heavy atom. The number of nitrogens with one attached hydrogen (secondary N) is 1. The average molecular weight is 258 g/mol. The molecule has 0 spiro atoms. The van der Waals surface area contributed by atoms with E-state index in [1.807, 2.05) is 18.5 Å². The van der Waals surface area contributed by atoms with Gasteiger partial charge in [0.25, 0.3) is 0 Å². The van der Waals surface area contributed by atoms with Crippen molar-refractivity contribution < 1.29 is 4.74 Å². The lowest BCUT2D eigenvalue weighted by atomic mass is 10.1. The summed E-state index contributed by atoms with van der Waals surface area (Å²) in [5, 5.41) is 7.81. The smallest absolute Gasteiger partial charge is 0.138 e. The fourth-order valence-corrected chi connectivity index (χ4v) is 2.29. The summed E-state index contributed by atoms with van der Waals surface area (Å²) >= 11 is 0. The molecule has 100 valence electrons. The molecule has 1 N–H and O–H groups in total. The minimum Gasteiger partial charge on any atom is -0.492 e. The Bertz CT molecular complexity index is 564. The molecule has 5 heteroatoms. The molecule has 0 saturated heterocycles. The molecule has 2 aromatic heterocycles. The van der Waals surface area contributed by atoms with Crippen molar-refractivity contribution in [3.05, 3.63) is 30.4 Å². The number of nitrogens with zero attached hydrogens (tertiary/aromatic N) is 3. The second-order valence-corrected chi connectivity index (χ2v) is 4.66. The van der Waals surface area contributed by atoms with Crippen molar-refractivity contribution in [2.24, 2.45) is 0 Å². The zero-order valence-corrected chi connectivity index (χ0v) is 11.1. The Labute approximate surface area is 112 Å². The standard InChI is InChI=1S/C14H18N4O/c1-2-5-19-12-6-11(7-16-8-12)13-9-17-18-4-3-15-10-14(13)18/h6-9,15H,2-5,10H2,1H3. The number of rotatable bonds is 4. The first-order valence-corrected chi connectivity index (χ1v) is 6.72. The molecule has 0 radical (unpaired) electrons. The van der Waals surface area contributed by atoms with Crippen molar-refractivity contribution in [1.82, 2.24) is 20.1 Å². The summed E-state index contributed by atoms with van der Waals surface area (Å²) < 4.78 is 7.69. The Balaban J connectivity index is 1.91. The van der Waals surface area contributed by atoms with Crippen LogP contribution in [0.25, 0.3) is 11.1 Å². The van der Waals surface area contributed by atoms with Crippen LogP contribution in [0, 0.1) is 0 Å². The van der Waals surface area contributed by atoms with Gasteiger partial charge in [0.05, 0.1) is 31.2 Å². The van der Waals surface area contributed by atoms with Crippen molar-refractivity contribution in [3.8, 4) is 16.9 Å². The van der Waals surface area contributed by atoms with Crippen LogP contribution in [0.15, 0.2) is 24.7 Å². The van der Waals surface area contributed by atoms with Gasteiger partial charge in [0.1, 0.15) is 5.75 Å². The van der Waals surface area contributed by atoms with Gasteiger partial charge >= 0.3 is 0 Å². The molecule has 0 aromatic carbocycles. The zero-order chi connectivity index (χ0) is 13.1. The van der Waals surface area contributed by atoms with E-state index in [9.17, 15) is 0 Å².